The van der Waals surface area contributed by atoms with E-state index in [1.54, 1.807) is 35.3 Å². The van der Waals surface area contributed by atoms with Crippen molar-refractivity contribution in [2.45, 2.75) is 0 Å². The predicted octanol–water partition coefficient (Wildman–Crippen LogP) is 3.54. The lowest BCUT2D eigenvalue weighted by molar-refractivity contribution is 0.0785. The van der Waals surface area contributed by atoms with Gasteiger partial charge in [0.25, 0.3) is 5.91 Å². The van der Waals surface area contributed by atoms with E-state index in [0.717, 1.165) is 5.56 Å². The van der Waals surface area contributed by atoms with Gasteiger partial charge in [0.15, 0.2) is 0 Å². The van der Waals surface area contributed by atoms with Gasteiger partial charge in [-0.15, -0.1) is 13.2 Å². The lowest BCUT2D eigenvalue weighted by Gasteiger charge is -2.17. The molecular weight excluding hydrogens is 286 g/mol. The van der Waals surface area contributed by atoms with E-state index in [1.165, 1.54) is 0 Å². The first-order valence-corrected chi connectivity index (χ1v) is 6.86. The maximum Gasteiger partial charge on any atom is 0.272 e. The molecule has 4 nitrogen and oxygen atoms in total. The van der Waals surface area contributed by atoms with Crippen molar-refractivity contribution < 1.29 is 4.79 Å². The molecule has 0 unspecified atom stereocenters. The number of carbonyl (C=O) groups excluding carboxylic acids is 1. The van der Waals surface area contributed by atoms with E-state index in [4.69, 9.17) is 11.6 Å². The second-order valence-electron chi connectivity index (χ2n) is 4.46. The highest BCUT2D eigenvalue weighted by atomic mass is 35.5. The van der Waals surface area contributed by atoms with Crippen molar-refractivity contribution in [2.24, 2.45) is 0 Å². The quantitative estimate of drug-likeness (QED) is 0.830. The highest BCUT2D eigenvalue weighted by molar-refractivity contribution is 6.30. The number of rotatable bonds is 6. The Morgan fingerprint density at radius 3 is 2.43 bits per heavy atom. The fourth-order valence-electron chi connectivity index (χ4n) is 1.92. The van der Waals surface area contributed by atoms with Gasteiger partial charge in [-0.1, -0.05) is 35.9 Å². The molecule has 1 aromatic carbocycles. The van der Waals surface area contributed by atoms with Gasteiger partial charge in [-0.25, -0.2) is 0 Å². The number of benzene rings is 1. The maximum atomic E-state index is 12.4. The van der Waals surface area contributed by atoms with Crippen molar-refractivity contribution in [1.82, 2.24) is 15.1 Å². The summed E-state index contributed by atoms with van der Waals surface area (Å²) in [6.45, 7) is 8.22. The van der Waals surface area contributed by atoms with Crippen LogP contribution in [-0.2, 0) is 0 Å². The minimum atomic E-state index is -0.137. The Labute approximate surface area is 128 Å². The van der Waals surface area contributed by atoms with Crippen LogP contribution in [0.3, 0.4) is 0 Å². The summed E-state index contributed by atoms with van der Waals surface area (Å²) >= 11 is 5.86. The zero-order chi connectivity index (χ0) is 15.2. The Balaban J connectivity index is 2.22. The Morgan fingerprint density at radius 1 is 1.24 bits per heavy atom. The molecule has 0 radical (unpaired) electrons. The number of nitrogens with one attached hydrogen (secondary N) is 1. The number of aromatic amines is 1. The lowest BCUT2D eigenvalue weighted by atomic mass is 10.1. The van der Waals surface area contributed by atoms with Crippen molar-refractivity contribution >= 4 is 17.5 Å². The number of hydrogen-bond donors (Lipinski definition) is 1. The molecular formula is C16H16ClN3O. The zero-order valence-electron chi connectivity index (χ0n) is 11.6. The van der Waals surface area contributed by atoms with E-state index in [-0.39, 0.29) is 5.91 Å². The number of aromatic nitrogens is 2. The number of nitrogens with zero attached hydrogens (tertiary/aromatic N) is 2. The van der Waals surface area contributed by atoms with Gasteiger partial charge in [0, 0.05) is 23.7 Å². The number of carbonyl (C=O) groups is 1. The Kier molecular flexibility index (Phi) is 4.95. The smallest absolute Gasteiger partial charge is 0.272 e. The van der Waals surface area contributed by atoms with Gasteiger partial charge in [-0.2, -0.15) is 5.10 Å². The molecule has 1 N–H and O–H groups in total. The predicted molar refractivity (Wildman–Crippen MR) is 85.3 cm³/mol. The van der Waals surface area contributed by atoms with Crippen molar-refractivity contribution in [3.8, 4) is 11.3 Å². The van der Waals surface area contributed by atoms with Gasteiger partial charge >= 0.3 is 0 Å². The van der Waals surface area contributed by atoms with Gasteiger partial charge in [0.2, 0.25) is 0 Å². The van der Waals surface area contributed by atoms with Crippen LogP contribution in [0.5, 0.6) is 0 Å². The van der Waals surface area contributed by atoms with E-state index in [2.05, 4.69) is 23.4 Å². The van der Waals surface area contributed by atoms with Crippen molar-refractivity contribution in [3.05, 3.63) is 66.4 Å². The largest absolute Gasteiger partial charge is 0.330 e. The van der Waals surface area contributed by atoms with E-state index in [9.17, 15) is 4.79 Å². The highest BCUT2D eigenvalue weighted by Crippen LogP contribution is 2.20. The van der Waals surface area contributed by atoms with Gasteiger partial charge < -0.3 is 4.90 Å². The van der Waals surface area contributed by atoms with Gasteiger partial charge in [-0.3, -0.25) is 9.89 Å². The molecule has 0 fully saturated rings. The van der Waals surface area contributed by atoms with E-state index in [0.29, 0.717) is 29.5 Å². The summed E-state index contributed by atoms with van der Waals surface area (Å²) in [5, 5.41) is 7.61. The summed E-state index contributed by atoms with van der Waals surface area (Å²) in [6, 6.07) is 9.02. The molecule has 1 heterocycles. The molecule has 1 aromatic heterocycles. The number of halogens is 1. The van der Waals surface area contributed by atoms with E-state index in [1.807, 2.05) is 12.1 Å². The molecule has 0 bridgehead atoms. The topological polar surface area (TPSA) is 49.0 Å². The standard InChI is InChI=1S/C16H16ClN3O/c1-3-9-20(10-4-2)16(21)15-11-14(18-19-15)12-5-7-13(17)8-6-12/h3-8,11H,1-2,9-10H2,(H,18,19). The lowest BCUT2D eigenvalue weighted by Crippen LogP contribution is -2.31. The Bertz CT molecular complexity index is 636. The monoisotopic (exact) mass is 301 g/mol. The summed E-state index contributed by atoms with van der Waals surface area (Å²) in [4.78, 5) is 14.0. The third-order valence-electron chi connectivity index (χ3n) is 2.93. The van der Waals surface area contributed by atoms with Gasteiger partial charge in [-0.05, 0) is 18.2 Å². The van der Waals surface area contributed by atoms with Crippen molar-refractivity contribution in [3.63, 3.8) is 0 Å². The van der Waals surface area contributed by atoms with Gasteiger partial charge in [0.1, 0.15) is 5.69 Å². The Morgan fingerprint density at radius 2 is 1.86 bits per heavy atom. The summed E-state index contributed by atoms with van der Waals surface area (Å²) in [7, 11) is 0. The van der Waals surface area contributed by atoms with Crippen LogP contribution in [-0.4, -0.2) is 34.1 Å². The molecule has 0 aliphatic rings. The number of hydrogen-bond acceptors (Lipinski definition) is 2. The molecule has 0 aliphatic heterocycles. The number of H-pyrrole nitrogens is 1. The summed E-state index contributed by atoms with van der Waals surface area (Å²) < 4.78 is 0. The van der Waals surface area contributed by atoms with Crippen LogP contribution in [0, 0.1) is 0 Å². The normalized spacial score (nSPS) is 10.1. The van der Waals surface area contributed by atoms with Crippen LogP contribution >= 0.6 is 11.6 Å². The molecule has 0 saturated heterocycles. The average Bonchev–Trinajstić information content (AvgIpc) is 2.97. The average molecular weight is 302 g/mol. The first kappa shape index (κ1) is 15.1. The van der Waals surface area contributed by atoms with Crippen LogP contribution in [0.1, 0.15) is 10.5 Å². The Hall–Kier alpha value is -2.33. The summed E-state index contributed by atoms with van der Waals surface area (Å²) in [5.41, 5.74) is 2.03. The van der Waals surface area contributed by atoms with Crippen LogP contribution in [0.4, 0.5) is 0 Å². The van der Waals surface area contributed by atoms with Gasteiger partial charge in [0.05, 0.1) is 5.69 Å². The molecule has 0 atom stereocenters. The first-order valence-electron chi connectivity index (χ1n) is 6.48. The van der Waals surface area contributed by atoms with E-state index < -0.39 is 0 Å². The first-order chi connectivity index (χ1) is 10.2. The third kappa shape index (κ3) is 3.61. The molecule has 108 valence electrons. The zero-order valence-corrected chi connectivity index (χ0v) is 12.3. The minimum absolute atomic E-state index is 0.137. The molecule has 1 amide bonds. The summed E-state index contributed by atoms with van der Waals surface area (Å²) in [5.74, 6) is -0.137. The second-order valence-corrected chi connectivity index (χ2v) is 4.90. The molecule has 0 spiro atoms. The van der Waals surface area contributed by atoms with Crippen LogP contribution in [0.15, 0.2) is 55.6 Å². The maximum absolute atomic E-state index is 12.4. The van der Waals surface area contributed by atoms with Crippen LogP contribution in [0.25, 0.3) is 11.3 Å². The third-order valence-corrected chi connectivity index (χ3v) is 3.19. The molecule has 0 aliphatic carbocycles. The number of amides is 1. The van der Waals surface area contributed by atoms with Crippen LogP contribution < -0.4 is 0 Å². The van der Waals surface area contributed by atoms with Crippen molar-refractivity contribution in [1.29, 1.82) is 0 Å². The summed E-state index contributed by atoms with van der Waals surface area (Å²) in [6.07, 6.45) is 3.36. The molecule has 21 heavy (non-hydrogen) atoms. The fourth-order valence-corrected chi connectivity index (χ4v) is 2.05. The molecule has 5 heteroatoms. The molecule has 0 saturated carbocycles. The van der Waals surface area contributed by atoms with E-state index >= 15 is 0 Å². The highest BCUT2D eigenvalue weighted by Gasteiger charge is 2.16. The molecule has 2 rings (SSSR count). The minimum Gasteiger partial charge on any atom is -0.330 e. The second kappa shape index (κ2) is 6.90. The van der Waals surface area contributed by atoms with Crippen LogP contribution in [0.2, 0.25) is 5.02 Å². The SMILES string of the molecule is C=CCN(CC=C)C(=O)c1cc(-c2ccc(Cl)cc2)n[nH]1. The fraction of sp³-hybridized carbons (Fsp3) is 0.125. The molecule has 2 aromatic rings. The van der Waals surface area contributed by atoms with Crippen molar-refractivity contribution in [2.75, 3.05) is 13.1 Å².